The van der Waals surface area contributed by atoms with E-state index in [9.17, 15) is 27.9 Å². The van der Waals surface area contributed by atoms with E-state index in [-0.39, 0.29) is 80.0 Å². The van der Waals surface area contributed by atoms with Gasteiger partial charge in [0.1, 0.15) is 6.04 Å². The fraction of sp³-hybridized carbons (Fsp3) is 0.889. The number of hydrogen-bond acceptors (Lipinski definition) is 7. The average molecular weight is 725 g/mol. The fourth-order valence-corrected chi connectivity index (χ4v) is 5.77. The summed E-state index contributed by atoms with van der Waals surface area (Å²) in [6.45, 7) is 5.21. The van der Waals surface area contributed by atoms with Crippen molar-refractivity contribution in [3.05, 3.63) is 0 Å². The maximum Gasteiger partial charge on any atom is 1.00 e. The van der Waals surface area contributed by atoms with Crippen LogP contribution in [0.2, 0.25) is 0 Å². The summed E-state index contributed by atoms with van der Waals surface area (Å²) in [6.07, 6.45) is 24.5. The van der Waals surface area contributed by atoms with E-state index >= 15 is 0 Å². The van der Waals surface area contributed by atoms with Crippen LogP contribution in [-0.2, 0) is 24.5 Å². The fourth-order valence-electron chi connectivity index (χ4n) is 5.45. The van der Waals surface area contributed by atoms with Crippen LogP contribution in [0.4, 0.5) is 0 Å². The summed E-state index contributed by atoms with van der Waals surface area (Å²) in [4.78, 5) is 41.7. The van der Waals surface area contributed by atoms with Gasteiger partial charge >= 0.3 is 29.6 Å². The van der Waals surface area contributed by atoms with E-state index in [0.717, 1.165) is 32.1 Å². The van der Waals surface area contributed by atoms with E-state index in [1.165, 1.54) is 96.3 Å². The van der Waals surface area contributed by atoms with E-state index in [2.05, 4.69) is 34.8 Å². The Morgan fingerprint density at radius 3 is 1.55 bits per heavy atom. The topological polar surface area (TPSA) is 177 Å². The number of unbranched alkanes of at least 4 members (excludes halogenated alkanes) is 18. The first-order valence-electron chi connectivity index (χ1n) is 19.1. The molecule has 3 amide bonds. The van der Waals surface area contributed by atoms with Gasteiger partial charge in [0.25, 0.3) is 10.1 Å². The number of hydrogen-bond donors (Lipinski definition) is 4. The Bertz CT molecular complexity index is 967. The minimum Gasteiger partial charge on any atom is -0.862 e. The normalized spacial score (nSPS) is 12.3. The minimum absolute atomic E-state index is 0. The molecule has 282 valence electrons. The molecule has 0 aliphatic carbocycles. The standard InChI is InChI=1S/C36H70N4O7S.Na/c1-3-5-7-9-11-13-15-17-19-21-28-37-34(42)27-26-32(36(44)39-29-22-20-18-16-14-12-10-8-6-4-2)40-35(43)25-23-24-33(41)38-30-31-48(45,46)47;/h32H,3-31H2,1-2H3,(H,37,42)(H,38,41)(H,39,44)(H,40,43)(H,45,46,47);/q;+1/p-1/t32-;/m0./s1. The summed E-state index contributed by atoms with van der Waals surface area (Å²) in [5.41, 5.74) is 0. The minimum atomic E-state index is -4.20. The van der Waals surface area contributed by atoms with Crippen LogP contribution in [0.1, 0.15) is 174 Å². The third-order valence-corrected chi connectivity index (χ3v) is 9.12. The molecule has 0 radical (unpaired) electrons. The van der Waals surface area contributed by atoms with E-state index in [1.54, 1.807) is 0 Å². The Hall–Kier alpha value is -1.21. The first-order chi connectivity index (χ1) is 23.1. The SMILES string of the molecule is CCCCCCCCCCCCNC(=O)CC[C@H](NC(=O)CCCC([O-])=NCCS(=O)(=O)O)C(=O)NCCCCCCCCCCCC.[Na+]. The van der Waals surface area contributed by atoms with Crippen molar-refractivity contribution in [3.8, 4) is 0 Å². The largest absolute Gasteiger partial charge is 1.00 e. The Morgan fingerprint density at radius 2 is 1.08 bits per heavy atom. The monoisotopic (exact) mass is 724 g/mol. The number of aliphatic imine (C=N–C) groups is 1. The maximum absolute atomic E-state index is 13.0. The van der Waals surface area contributed by atoms with E-state index in [0.29, 0.717) is 13.1 Å². The Labute approximate surface area is 320 Å². The van der Waals surface area contributed by atoms with Gasteiger partial charge in [-0.1, -0.05) is 129 Å². The van der Waals surface area contributed by atoms with Gasteiger partial charge in [0.2, 0.25) is 17.7 Å². The molecule has 13 heteroatoms. The molecular formula is C36H69N4NaO7S. The second-order valence-electron chi connectivity index (χ2n) is 13.1. The first-order valence-corrected chi connectivity index (χ1v) is 20.7. The number of carbonyl (C=O) groups excluding carboxylic acids is 3. The van der Waals surface area contributed by atoms with E-state index in [1.807, 2.05) is 0 Å². The van der Waals surface area contributed by atoms with Gasteiger partial charge in [0.15, 0.2) is 0 Å². The number of nitrogens with one attached hydrogen (secondary N) is 3. The zero-order chi connectivity index (χ0) is 35.7. The maximum atomic E-state index is 13.0. The second-order valence-corrected chi connectivity index (χ2v) is 14.7. The molecule has 0 aromatic carbocycles. The van der Waals surface area contributed by atoms with Crippen molar-refractivity contribution < 1.29 is 62.0 Å². The van der Waals surface area contributed by atoms with Gasteiger partial charge in [-0.2, -0.15) is 8.42 Å². The molecule has 0 aromatic rings. The van der Waals surface area contributed by atoms with Crippen LogP contribution in [0, 0.1) is 0 Å². The average Bonchev–Trinajstić information content (AvgIpc) is 3.03. The summed E-state index contributed by atoms with van der Waals surface area (Å²) in [5, 5.41) is 20.4. The van der Waals surface area contributed by atoms with E-state index in [4.69, 9.17) is 4.55 Å². The number of carbonyl (C=O) groups is 3. The van der Waals surface area contributed by atoms with Crippen molar-refractivity contribution in [2.24, 2.45) is 4.99 Å². The number of nitrogens with zero attached hydrogens (tertiary/aromatic N) is 1. The molecule has 0 heterocycles. The quantitative estimate of drug-likeness (QED) is 0.0259. The van der Waals surface area contributed by atoms with Crippen molar-refractivity contribution in [2.75, 3.05) is 25.4 Å². The van der Waals surface area contributed by atoms with Crippen molar-refractivity contribution in [1.82, 2.24) is 16.0 Å². The zero-order valence-electron chi connectivity index (χ0n) is 31.3. The predicted molar refractivity (Wildman–Crippen MR) is 193 cm³/mol. The van der Waals surface area contributed by atoms with E-state index < -0.39 is 33.7 Å². The van der Waals surface area contributed by atoms with Crippen LogP contribution >= 0.6 is 0 Å². The summed E-state index contributed by atoms with van der Waals surface area (Å²) >= 11 is 0. The van der Waals surface area contributed by atoms with Crippen molar-refractivity contribution in [2.45, 2.75) is 180 Å². The summed E-state index contributed by atoms with van der Waals surface area (Å²) in [6, 6.07) is -0.862. The molecular weight excluding hydrogens is 655 g/mol. The summed E-state index contributed by atoms with van der Waals surface area (Å²) in [5.74, 6) is -2.08. The van der Waals surface area contributed by atoms with Gasteiger partial charge in [0.05, 0.1) is 12.3 Å². The number of amides is 3. The zero-order valence-corrected chi connectivity index (χ0v) is 34.2. The van der Waals surface area contributed by atoms with Gasteiger partial charge in [-0.25, -0.2) is 0 Å². The molecule has 1 atom stereocenters. The van der Waals surface area contributed by atoms with Gasteiger partial charge in [-0.15, -0.1) is 0 Å². The van der Waals surface area contributed by atoms with Gasteiger partial charge in [-0.3, -0.25) is 18.9 Å². The van der Waals surface area contributed by atoms with Crippen LogP contribution < -0.4 is 50.6 Å². The molecule has 0 bridgehead atoms. The smallest absolute Gasteiger partial charge is 0.862 e. The van der Waals surface area contributed by atoms with Crippen molar-refractivity contribution in [1.29, 1.82) is 0 Å². The van der Waals surface area contributed by atoms with Crippen LogP contribution in [0.3, 0.4) is 0 Å². The molecule has 0 aliphatic heterocycles. The molecule has 0 fully saturated rings. The molecule has 0 spiro atoms. The van der Waals surface area contributed by atoms with Crippen molar-refractivity contribution in [3.63, 3.8) is 0 Å². The summed E-state index contributed by atoms with van der Waals surface area (Å²) < 4.78 is 30.3. The first kappa shape index (κ1) is 49.9. The Kier molecular flexibility index (Phi) is 35.9. The Morgan fingerprint density at radius 1 is 0.633 bits per heavy atom. The molecule has 49 heavy (non-hydrogen) atoms. The van der Waals surface area contributed by atoms with Crippen LogP contribution in [0.5, 0.6) is 0 Å². The van der Waals surface area contributed by atoms with Crippen LogP contribution in [0.15, 0.2) is 4.99 Å². The van der Waals surface area contributed by atoms with Gasteiger partial charge in [-0.05, 0) is 38.0 Å². The molecule has 0 saturated heterocycles. The summed E-state index contributed by atoms with van der Waals surface area (Å²) in [7, 11) is -4.20. The molecule has 0 unspecified atom stereocenters. The molecule has 0 aromatic heterocycles. The molecule has 4 N–H and O–H groups in total. The van der Waals surface area contributed by atoms with Crippen LogP contribution in [-0.4, -0.2) is 68.0 Å². The van der Waals surface area contributed by atoms with Crippen molar-refractivity contribution >= 4 is 33.7 Å². The Balaban J connectivity index is 0. The molecule has 0 aliphatic rings. The second kappa shape index (κ2) is 35.2. The molecule has 0 saturated carbocycles. The van der Waals surface area contributed by atoms with Gasteiger partial charge < -0.3 is 26.0 Å². The molecule has 0 rings (SSSR count). The number of rotatable bonds is 34. The molecule has 11 nitrogen and oxygen atoms in total. The third-order valence-electron chi connectivity index (χ3n) is 8.43. The van der Waals surface area contributed by atoms with Crippen LogP contribution in [0.25, 0.3) is 0 Å². The third kappa shape index (κ3) is 36.4. The predicted octanol–water partition coefficient (Wildman–Crippen LogP) is 3.15. The van der Waals surface area contributed by atoms with Gasteiger partial charge in [0, 0.05) is 25.9 Å².